The summed E-state index contributed by atoms with van der Waals surface area (Å²) in [6, 6.07) is 14.0. The predicted molar refractivity (Wildman–Crippen MR) is 91.6 cm³/mol. The van der Waals surface area contributed by atoms with Gasteiger partial charge in [-0.2, -0.15) is 4.98 Å². The molecule has 0 N–H and O–H groups in total. The van der Waals surface area contributed by atoms with Gasteiger partial charge in [-0.3, -0.25) is 4.79 Å². The minimum Gasteiger partial charge on any atom is -0.482 e. The van der Waals surface area contributed by atoms with Gasteiger partial charge in [0, 0.05) is 11.1 Å². The number of hydrogen-bond acceptors (Lipinski definition) is 7. The minimum absolute atomic E-state index is 0.134. The van der Waals surface area contributed by atoms with E-state index < -0.39 is 5.97 Å². The summed E-state index contributed by atoms with van der Waals surface area (Å²) in [7, 11) is 0. The van der Waals surface area contributed by atoms with Gasteiger partial charge in [0.1, 0.15) is 12.0 Å². The summed E-state index contributed by atoms with van der Waals surface area (Å²) in [6.45, 7) is 1.55. The van der Waals surface area contributed by atoms with Crippen molar-refractivity contribution in [2.24, 2.45) is 0 Å². The highest BCUT2D eigenvalue weighted by Gasteiger charge is 2.12. The molecule has 0 radical (unpaired) electrons. The van der Waals surface area contributed by atoms with Gasteiger partial charge in [0.25, 0.3) is 5.89 Å². The molecule has 0 amide bonds. The quantitative estimate of drug-likeness (QED) is 0.477. The van der Waals surface area contributed by atoms with E-state index >= 15 is 0 Å². The second-order valence-corrected chi connectivity index (χ2v) is 5.46. The monoisotopic (exact) mass is 352 g/mol. The van der Waals surface area contributed by atoms with E-state index in [1.807, 2.05) is 31.2 Å². The molecule has 0 unspecified atom stereocenters. The van der Waals surface area contributed by atoms with E-state index in [1.165, 1.54) is 0 Å². The van der Waals surface area contributed by atoms with Crippen LogP contribution >= 0.6 is 0 Å². The maximum Gasteiger partial charge on any atom is 0.344 e. The Labute approximate surface area is 149 Å². The number of esters is 1. The highest BCUT2D eigenvalue weighted by molar-refractivity contribution is 5.75. The summed E-state index contributed by atoms with van der Waals surface area (Å²) in [5.41, 5.74) is 2.41. The number of hydrogen-bond donors (Lipinski definition) is 0. The molecule has 0 aliphatic heterocycles. The molecule has 26 heavy (non-hydrogen) atoms. The molecule has 0 spiro atoms. The van der Waals surface area contributed by atoms with Gasteiger partial charge < -0.3 is 14.0 Å². The van der Waals surface area contributed by atoms with Crippen molar-refractivity contribution in [2.75, 3.05) is 6.61 Å². The van der Waals surface area contributed by atoms with E-state index in [9.17, 15) is 9.59 Å². The number of benzene rings is 2. The SMILES string of the molecule is Cc1ccccc1-c1noc(COC(=O)COc2ccc(C=O)cc2)n1. The summed E-state index contributed by atoms with van der Waals surface area (Å²) in [5, 5.41) is 3.90. The zero-order valence-electron chi connectivity index (χ0n) is 14.0. The lowest BCUT2D eigenvalue weighted by Gasteiger charge is -2.05. The summed E-state index contributed by atoms with van der Waals surface area (Å²) in [5.74, 6) is 0.542. The number of rotatable bonds is 7. The maximum atomic E-state index is 11.8. The van der Waals surface area contributed by atoms with Gasteiger partial charge in [-0.15, -0.1) is 0 Å². The molecule has 2 aromatic carbocycles. The highest BCUT2D eigenvalue weighted by Crippen LogP contribution is 2.20. The second kappa shape index (κ2) is 8.06. The van der Waals surface area contributed by atoms with E-state index in [1.54, 1.807) is 24.3 Å². The molecule has 3 aromatic rings. The average Bonchev–Trinajstić information content (AvgIpc) is 3.14. The van der Waals surface area contributed by atoms with Crippen LogP contribution in [-0.2, 0) is 16.1 Å². The van der Waals surface area contributed by atoms with E-state index in [0.717, 1.165) is 17.4 Å². The Balaban J connectivity index is 1.50. The van der Waals surface area contributed by atoms with E-state index in [-0.39, 0.29) is 19.1 Å². The summed E-state index contributed by atoms with van der Waals surface area (Å²) in [4.78, 5) is 26.6. The lowest BCUT2D eigenvalue weighted by atomic mass is 10.1. The van der Waals surface area contributed by atoms with Crippen molar-refractivity contribution in [2.45, 2.75) is 13.5 Å². The van der Waals surface area contributed by atoms with Crippen molar-refractivity contribution >= 4 is 12.3 Å². The molecule has 7 nitrogen and oxygen atoms in total. The van der Waals surface area contributed by atoms with Gasteiger partial charge in [-0.1, -0.05) is 29.4 Å². The molecule has 0 aliphatic carbocycles. The fraction of sp³-hybridized carbons (Fsp3) is 0.158. The van der Waals surface area contributed by atoms with Crippen LogP contribution in [0.5, 0.6) is 5.75 Å². The first-order valence-electron chi connectivity index (χ1n) is 7.88. The Kier molecular flexibility index (Phi) is 5.38. The fourth-order valence-corrected chi connectivity index (χ4v) is 2.22. The normalized spacial score (nSPS) is 10.3. The Bertz CT molecular complexity index is 902. The van der Waals surface area contributed by atoms with E-state index in [4.69, 9.17) is 14.0 Å². The highest BCUT2D eigenvalue weighted by atomic mass is 16.6. The zero-order valence-corrected chi connectivity index (χ0v) is 14.0. The largest absolute Gasteiger partial charge is 0.482 e. The molecule has 0 saturated heterocycles. The first kappa shape index (κ1) is 17.3. The summed E-state index contributed by atoms with van der Waals surface area (Å²) >= 11 is 0. The standard InChI is InChI=1S/C19H16N2O5/c1-13-4-2-3-5-16(13)19-20-17(26-21-19)11-25-18(23)12-24-15-8-6-14(10-22)7-9-15/h2-10H,11-12H2,1H3. The molecule has 1 aromatic heterocycles. The number of aldehydes is 1. The van der Waals surface area contributed by atoms with Gasteiger partial charge in [0.05, 0.1) is 0 Å². The first-order valence-corrected chi connectivity index (χ1v) is 7.88. The van der Waals surface area contributed by atoms with E-state index in [2.05, 4.69) is 10.1 Å². The van der Waals surface area contributed by atoms with Gasteiger partial charge >= 0.3 is 5.97 Å². The Hall–Kier alpha value is -3.48. The number of aromatic nitrogens is 2. The van der Waals surface area contributed by atoms with Crippen LogP contribution in [0.3, 0.4) is 0 Å². The van der Waals surface area contributed by atoms with Crippen molar-refractivity contribution in [3.05, 3.63) is 65.5 Å². The van der Waals surface area contributed by atoms with Crippen LogP contribution in [0.4, 0.5) is 0 Å². The lowest BCUT2D eigenvalue weighted by molar-refractivity contribution is -0.148. The number of carbonyl (C=O) groups is 2. The molecule has 132 valence electrons. The van der Waals surface area contributed by atoms with Gasteiger partial charge in [0.15, 0.2) is 13.2 Å². The summed E-state index contributed by atoms with van der Waals surface area (Å²) < 4.78 is 15.4. The van der Waals surface area contributed by atoms with Crippen molar-refractivity contribution in [3.8, 4) is 17.1 Å². The molecule has 0 saturated carbocycles. The maximum absolute atomic E-state index is 11.8. The Morgan fingerprint density at radius 1 is 1.15 bits per heavy atom. The van der Waals surface area contributed by atoms with E-state index in [0.29, 0.717) is 17.1 Å². The number of aryl methyl sites for hydroxylation is 1. The van der Waals surface area contributed by atoms with Crippen LogP contribution in [0.1, 0.15) is 21.8 Å². The number of nitrogens with zero attached hydrogens (tertiary/aromatic N) is 2. The molecule has 1 heterocycles. The van der Waals surface area contributed by atoms with Crippen LogP contribution < -0.4 is 4.74 Å². The van der Waals surface area contributed by atoms with Crippen LogP contribution in [0.15, 0.2) is 53.1 Å². The Morgan fingerprint density at radius 2 is 1.92 bits per heavy atom. The topological polar surface area (TPSA) is 91.5 Å². The van der Waals surface area contributed by atoms with Crippen LogP contribution in [0, 0.1) is 6.92 Å². The lowest BCUT2D eigenvalue weighted by Crippen LogP contribution is -2.14. The molecular formula is C19H16N2O5. The second-order valence-electron chi connectivity index (χ2n) is 5.46. The summed E-state index contributed by atoms with van der Waals surface area (Å²) in [6.07, 6.45) is 0.730. The fourth-order valence-electron chi connectivity index (χ4n) is 2.22. The molecular weight excluding hydrogens is 336 g/mol. The molecule has 3 rings (SSSR count). The third kappa shape index (κ3) is 4.32. The van der Waals surface area contributed by atoms with Crippen LogP contribution in [0.25, 0.3) is 11.4 Å². The van der Waals surface area contributed by atoms with Crippen LogP contribution in [0.2, 0.25) is 0 Å². The van der Waals surface area contributed by atoms with Gasteiger partial charge in [-0.05, 0) is 36.8 Å². The molecule has 0 atom stereocenters. The molecule has 0 aliphatic rings. The smallest absolute Gasteiger partial charge is 0.344 e. The third-order valence-corrected chi connectivity index (χ3v) is 3.58. The number of ether oxygens (including phenoxy) is 2. The number of carbonyl (C=O) groups excluding carboxylic acids is 2. The van der Waals surface area contributed by atoms with Crippen molar-refractivity contribution in [1.29, 1.82) is 0 Å². The first-order chi connectivity index (χ1) is 12.7. The zero-order chi connectivity index (χ0) is 18.4. The van der Waals surface area contributed by atoms with Crippen molar-refractivity contribution in [3.63, 3.8) is 0 Å². The third-order valence-electron chi connectivity index (χ3n) is 3.58. The predicted octanol–water partition coefficient (Wildman–Crippen LogP) is 2.98. The molecule has 0 bridgehead atoms. The Morgan fingerprint density at radius 3 is 2.65 bits per heavy atom. The molecule has 0 fully saturated rings. The van der Waals surface area contributed by atoms with Crippen molar-refractivity contribution in [1.82, 2.24) is 10.1 Å². The van der Waals surface area contributed by atoms with Gasteiger partial charge in [0.2, 0.25) is 5.82 Å². The average molecular weight is 352 g/mol. The van der Waals surface area contributed by atoms with Crippen molar-refractivity contribution < 1.29 is 23.6 Å². The minimum atomic E-state index is -0.569. The van der Waals surface area contributed by atoms with Crippen LogP contribution in [-0.4, -0.2) is 29.0 Å². The van der Waals surface area contributed by atoms with Gasteiger partial charge in [-0.25, -0.2) is 4.79 Å². The molecule has 7 heteroatoms.